The Kier molecular flexibility index (Phi) is 4.59. The number of aryl methyl sites for hydroxylation is 1. The Morgan fingerprint density at radius 3 is 2.67 bits per heavy atom. The van der Waals surface area contributed by atoms with Crippen molar-refractivity contribution in [2.75, 3.05) is 11.4 Å². The molecule has 6 heteroatoms. The third-order valence-corrected chi connectivity index (χ3v) is 4.51. The van der Waals surface area contributed by atoms with E-state index in [0.29, 0.717) is 16.4 Å². The van der Waals surface area contributed by atoms with E-state index >= 15 is 0 Å². The number of nitrogens with zero attached hydrogens (tertiary/aromatic N) is 2. The zero-order valence-electron chi connectivity index (χ0n) is 12.2. The molecule has 5 nitrogen and oxygen atoms in total. The lowest BCUT2D eigenvalue weighted by molar-refractivity contribution is -0.383. The zero-order valence-corrected chi connectivity index (χ0v) is 13.1. The van der Waals surface area contributed by atoms with Crippen molar-refractivity contribution in [3.63, 3.8) is 0 Å². The molecule has 0 fully saturated rings. The summed E-state index contributed by atoms with van der Waals surface area (Å²) in [7, 11) is 0. The normalized spacial score (nSPS) is 12.2. The van der Waals surface area contributed by atoms with E-state index in [2.05, 4.69) is 0 Å². The van der Waals surface area contributed by atoms with E-state index < -0.39 is 11.0 Å². The van der Waals surface area contributed by atoms with Crippen molar-refractivity contribution in [1.82, 2.24) is 0 Å². The number of anilines is 2. The Hall–Kier alpha value is -1.92. The van der Waals surface area contributed by atoms with Gasteiger partial charge in [0.05, 0.1) is 11.0 Å². The summed E-state index contributed by atoms with van der Waals surface area (Å²) >= 11 is 1.26. The molecule has 0 radical (unpaired) electrons. The molecular formula is C15H18N2O3S. The topological polar surface area (TPSA) is 66.6 Å². The molecule has 1 N–H and O–H groups in total. The number of nitro groups is 1. The Morgan fingerprint density at radius 1 is 1.43 bits per heavy atom. The van der Waals surface area contributed by atoms with Gasteiger partial charge < -0.3 is 10.0 Å². The van der Waals surface area contributed by atoms with E-state index in [1.807, 2.05) is 43.0 Å². The largest absolute Gasteiger partial charge is 0.388 e. The highest BCUT2D eigenvalue weighted by Gasteiger charge is 2.25. The SMILES string of the molecule is CCN(c1cccc(C)c1)c1sc(C(C)O)cc1[N+](=O)[O-]. The minimum Gasteiger partial charge on any atom is -0.388 e. The molecular weight excluding hydrogens is 288 g/mol. The van der Waals surface area contributed by atoms with Gasteiger partial charge in [0.25, 0.3) is 0 Å². The van der Waals surface area contributed by atoms with Crippen LogP contribution in [-0.2, 0) is 0 Å². The minimum atomic E-state index is -0.710. The number of aliphatic hydroxyl groups is 1. The van der Waals surface area contributed by atoms with E-state index in [0.717, 1.165) is 11.3 Å². The Balaban J connectivity index is 2.53. The van der Waals surface area contributed by atoms with Crippen LogP contribution in [0.5, 0.6) is 0 Å². The smallest absolute Gasteiger partial charge is 0.304 e. The summed E-state index contributed by atoms with van der Waals surface area (Å²) in [6.45, 7) is 6.17. The van der Waals surface area contributed by atoms with E-state index in [-0.39, 0.29) is 5.69 Å². The van der Waals surface area contributed by atoms with Gasteiger partial charge in [-0.25, -0.2) is 0 Å². The van der Waals surface area contributed by atoms with Gasteiger partial charge in [0.2, 0.25) is 0 Å². The van der Waals surface area contributed by atoms with Crippen LogP contribution in [0.3, 0.4) is 0 Å². The second-order valence-corrected chi connectivity index (χ2v) is 5.92. The number of rotatable bonds is 5. The second-order valence-electron chi connectivity index (χ2n) is 4.86. The first-order chi connectivity index (χ1) is 9.93. The van der Waals surface area contributed by atoms with Crippen molar-refractivity contribution < 1.29 is 10.0 Å². The first-order valence-corrected chi connectivity index (χ1v) is 7.56. The fourth-order valence-electron chi connectivity index (χ4n) is 2.16. The lowest BCUT2D eigenvalue weighted by Gasteiger charge is -2.21. The fraction of sp³-hybridized carbons (Fsp3) is 0.333. The van der Waals surface area contributed by atoms with Crippen LogP contribution in [0.1, 0.15) is 30.4 Å². The fourth-order valence-corrected chi connectivity index (χ4v) is 3.31. The van der Waals surface area contributed by atoms with Crippen LogP contribution in [0.25, 0.3) is 0 Å². The molecule has 1 heterocycles. The first-order valence-electron chi connectivity index (χ1n) is 6.74. The summed E-state index contributed by atoms with van der Waals surface area (Å²) in [4.78, 5) is 13.4. The molecule has 2 rings (SSSR count). The summed E-state index contributed by atoms with van der Waals surface area (Å²) in [5.41, 5.74) is 2.06. The van der Waals surface area contributed by atoms with Gasteiger partial charge in [-0.3, -0.25) is 10.1 Å². The van der Waals surface area contributed by atoms with Crippen molar-refractivity contribution in [2.24, 2.45) is 0 Å². The molecule has 0 aliphatic heterocycles. The maximum atomic E-state index is 11.3. The van der Waals surface area contributed by atoms with E-state index in [1.165, 1.54) is 17.4 Å². The highest BCUT2D eigenvalue weighted by Crippen LogP contribution is 2.43. The summed E-state index contributed by atoms with van der Waals surface area (Å²) in [6, 6.07) is 9.31. The van der Waals surface area contributed by atoms with Crippen molar-refractivity contribution in [1.29, 1.82) is 0 Å². The first kappa shape index (κ1) is 15.5. The second kappa shape index (κ2) is 6.24. The molecule has 1 aromatic carbocycles. The molecule has 1 atom stereocenters. The molecule has 112 valence electrons. The standard InChI is InChI=1S/C15H18N2O3S/c1-4-16(12-7-5-6-10(2)8-12)15-13(17(19)20)9-14(21-15)11(3)18/h5-9,11,18H,4H2,1-3H3. The maximum Gasteiger partial charge on any atom is 0.304 e. The van der Waals surface area contributed by atoms with Crippen LogP contribution in [0.15, 0.2) is 30.3 Å². The number of hydrogen-bond acceptors (Lipinski definition) is 5. The van der Waals surface area contributed by atoms with Crippen molar-refractivity contribution in [3.8, 4) is 0 Å². The summed E-state index contributed by atoms with van der Waals surface area (Å²) in [5.74, 6) is 0. The molecule has 0 spiro atoms. The number of benzene rings is 1. The lowest BCUT2D eigenvalue weighted by Crippen LogP contribution is -2.15. The number of hydrogen-bond donors (Lipinski definition) is 1. The lowest BCUT2D eigenvalue weighted by atomic mass is 10.2. The van der Waals surface area contributed by atoms with Crippen LogP contribution in [-0.4, -0.2) is 16.6 Å². The molecule has 2 aromatic rings. The third kappa shape index (κ3) is 3.22. The summed E-state index contributed by atoms with van der Waals surface area (Å²) in [6.07, 6.45) is -0.710. The van der Waals surface area contributed by atoms with Gasteiger partial charge >= 0.3 is 5.69 Å². The quantitative estimate of drug-likeness (QED) is 0.665. The van der Waals surface area contributed by atoms with E-state index in [9.17, 15) is 15.2 Å². The highest BCUT2D eigenvalue weighted by molar-refractivity contribution is 7.16. The van der Waals surface area contributed by atoms with Crippen LogP contribution < -0.4 is 4.90 Å². The van der Waals surface area contributed by atoms with Crippen LogP contribution in [0.2, 0.25) is 0 Å². The van der Waals surface area contributed by atoms with Crippen LogP contribution in [0, 0.1) is 17.0 Å². The molecule has 0 saturated carbocycles. The molecule has 0 bridgehead atoms. The van der Waals surface area contributed by atoms with Crippen molar-refractivity contribution in [3.05, 3.63) is 50.9 Å². The molecule has 1 aromatic heterocycles. The zero-order chi connectivity index (χ0) is 15.6. The van der Waals surface area contributed by atoms with Gasteiger partial charge in [-0.2, -0.15) is 0 Å². The molecule has 0 saturated heterocycles. The highest BCUT2D eigenvalue weighted by atomic mass is 32.1. The Labute approximate surface area is 127 Å². The molecule has 0 amide bonds. The predicted molar refractivity (Wildman–Crippen MR) is 85.5 cm³/mol. The third-order valence-electron chi connectivity index (χ3n) is 3.20. The molecule has 21 heavy (non-hydrogen) atoms. The molecule has 1 unspecified atom stereocenters. The number of aliphatic hydroxyl groups excluding tert-OH is 1. The average Bonchev–Trinajstić information content (AvgIpc) is 2.85. The average molecular weight is 306 g/mol. The van der Waals surface area contributed by atoms with Gasteiger partial charge in [-0.05, 0) is 38.5 Å². The van der Waals surface area contributed by atoms with Gasteiger partial charge in [-0.1, -0.05) is 12.1 Å². The summed E-state index contributed by atoms with van der Waals surface area (Å²) < 4.78 is 0. The monoisotopic (exact) mass is 306 g/mol. The van der Waals surface area contributed by atoms with Crippen molar-refractivity contribution in [2.45, 2.75) is 26.9 Å². The number of thiophene rings is 1. The van der Waals surface area contributed by atoms with Gasteiger partial charge in [0.1, 0.15) is 0 Å². The van der Waals surface area contributed by atoms with Crippen LogP contribution in [0.4, 0.5) is 16.4 Å². The summed E-state index contributed by atoms with van der Waals surface area (Å²) in [5, 5.41) is 21.5. The Bertz CT molecular complexity index is 652. The van der Waals surface area contributed by atoms with E-state index in [4.69, 9.17) is 0 Å². The predicted octanol–water partition coefficient (Wildman–Crippen LogP) is 4.18. The Morgan fingerprint density at radius 2 is 2.14 bits per heavy atom. The minimum absolute atomic E-state index is 0.0410. The van der Waals surface area contributed by atoms with Gasteiger partial charge in [0, 0.05) is 23.2 Å². The van der Waals surface area contributed by atoms with Crippen LogP contribution >= 0.6 is 11.3 Å². The molecule has 0 aliphatic carbocycles. The van der Waals surface area contributed by atoms with Crippen molar-refractivity contribution >= 4 is 27.7 Å². The maximum absolute atomic E-state index is 11.3. The van der Waals surface area contributed by atoms with E-state index in [1.54, 1.807) is 6.92 Å². The van der Waals surface area contributed by atoms with Gasteiger partial charge in [-0.15, -0.1) is 11.3 Å². The van der Waals surface area contributed by atoms with Gasteiger partial charge in [0.15, 0.2) is 5.00 Å². The molecule has 0 aliphatic rings.